The monoisotopic (exact) mass is 470 g/mol. The van der Waals surface area contributed by atoms with Crippen LogP contribution in [-0.2, 0) is 15.2 Å². The predicted octanol–water partition coefficient (Wildman–Crippen LogP) is 6.28. The summed E-state index contributed by atoms with van der Waals surface area (Å²) in [7, 11) is 0. The predicted molar refractivity (Wildman–Crippen MR) is 114 cm³/mol. The average Bonchev–Trinajstić information content (AvgIpc) is 3.43. The number of carbonyl (C=O) groups is 1. The Morgan fingerprint density at radius 2 is 1.97 bits per heavy atom. The van der Waals surface area contributed by atoms with E-state index in [2.05, 4.69) is 10.5 Å². The second-order valence-electron chi connectivity index (χ2n) is 7.94. The van der Waals surface area contributed by atoms with Crippen LogP contribution in [0.15, 0.2) is 41.6 Å². The van der Waals surface area contributed by atoms with Gasteiger partial charge in [-0.15, -0.1) is 0 Å². The highest BCUT2D eigenvalue weighted by molar-refractivity contribution is 6.33. The fourth-order valence-electron chi connectivity index (χ4n) is 3.60. The van der Waals surface area contributed by atoms with Gasteiger partial charge in [-0.05, 0) is 49.6 Å². The Bertz CT molecular complexity index is 1050. The van der Waals surface area contributed by atoms with Crippen molar-refractivity contribution in [1.29, 1.82) is 0 Å². The molecule has 0 saturated heterocycles. The third kappa shape index (κ3) is 4.39. The summed E-state index contributed by atoms with van der Waals surface area (Å²) in [6.45, 7) is 1.78. The van der Waals surface area contributed by atoms with Crippen molar-refractivity contribution in [3.63, 3.8) is 0 Å². The lowest BCUT2D eigenvalue weighted by Gasteiger charge is -2.29. The number of nitrogens with zero attached hydrogens (tertiary/aromatic N) is 1. The molecule has 1 atom stereocenters. The Morgan fingerprint density at radius 3 is 2.61 bits per heavy atom. The van der Waals surface area contributed by atoms with Crippen LogP contribution in [0.2, 0.25) is 10.0 Å². The number of alkyl halides is 3. The molecular formula is C22H19Cl2F3N2O2. The lowest BCUT2D eigenvalue weighted by molar-refractivity contribution is -0.275. The van der Waals surface area contributed by atoms with Crippen LogP contribution >= 0.6 is 23.2 Å². The van der Waals surface area contributed by atoms with Crippen LogP contribution in [-0.4, -0.2) is 24.2 Å². The van der Waals surface area contributed by atoms with E-state index >= 15 is 0 Å². The number of benzene rings is 2. The topological polar surface area (TPSA) is 50.7 Å². The SMILES string of the molecule is Cc1cc(Cl)cc(C2(C(F)(F)F)CC(c3ccc(Cl)c(NCC(=O)C4CC4)c3)=NO2)c1. The quantitative estimate of drug-likeness (QED) is 0.540. The highest BCUT2D eigenvalue weighted by Gasteiger charge is 2.62. The molecule has 0 amide bonds. The molecule has 0 bridgehead atoms. The molecule has 9 heteroatoms. The molecule has 0 spiro atoms. The lowest BCUT2D eigenvalue weighted by Crippen LogP contribution is -2.42. The summed E-state index contributed by atoms with van der Waals surface area (Å²) < 4.78 is 42.5. The first-order valence-corrected chi connectivity index (χ1v) is 10.5. The molecule has 2 aromatic rings. The van der Waals surface area contributed by atoms with Crippen LogP contribution < -0.4 is 5.32 Å². The largest absolute Gasteiger partial charge is 0.435 e. The van der Waals surface area contributed by atoms with Crippen molar-refractivity contribution in [2.75, 3.05) is 11.9 Å². The lowest BCUT2D eigenvalue weighted by atomic mass is 9.86. The summed E-state index contributed by atoms with van der Waals surface area (Å²) in [5.41, 5.74) is -1.14. The summed E-state index contributed by atoms with van der Waals surface area (Å²) in [6.07, 6.45) is -3.45. The van der Waals surface area contributed by atoms with Gasteiger partial charge in [0.2, 0.25) is 0 Å². The van der Waals surface area contributed by atoms with E-state index in [1.54, 1.807) is 31.2 Å². The van der Waals surface area contributed by atoms with Crippen molar-refractivity contribution in [1.82, 2.24) is 0 Å². The van der Waals surface area contributed by atoms with Crippen LogP contribution in [0.1, 0.15) is 36.0 Å². The molecule has 31 heavy (non-hydrogen) atoms. The van der Waals surface area contributed by atoms with Gasteiger partial charge in [0.15, 0.2) is 5.78 Å². The van der Waals surface area contributed by atoms with E-state index in [0.29, 0.717) is 21.8 Å². The molecular weight excluding hydrogens is 452 g/mol. The van der Waals surface area contributed by atoms with Gasteiger partial charge in [0.1, 0.15) is 0 Å². The number of hydrogen-bond acceptors (Lipinski definition) is 4. The number of aryl methyl sites for hydroxylation is 1. The third-order valence-electron chi connectivity index (χ3n) is 5.48. The van der Waals surface area contributed by atoms with E-state index in [-0.39, 0.29) is 34.5 Å². The average molecular weight is 471 g/mol. The van der Waals surface area contributed by atoms with Gasteiger partial charge >= 0.3 is 6.18 Å². The molecule has 164 valence electrons. The molecule has 1 N–H and O–H groups in total. The fourth-order valence-corrected chi connectivity index (χ4v) is 4.07. The number of anilines is 1. The molecule has 0 aromatic heterocycles. The maximum Gasteiger partial charge on any atom is 0.435 e. The molecule has 1 aliphatic carbocycles. The standard InChI is InChI=1S/C22H19Cl2F3N2O2/c1-12-6-15(9-16(23)7-12)21(22(25,26)27)10-19(29-31-21)14-4-5-17(24)18(8-14)28-11-20(30)13-2-3-13/h4-9,13,28H,2-3,10-11H2,1H3. The van der Waals surface area contributed by atoms with Gasteiger partial charge in [0, 0.05) is 28.5 Å². The molecule has 4 rings (SSSR count). The second kappa shape index (κ2) is 8.02. The van der Waals surface area contributed by atoms with Gasteiger partial charge in [-0.2, -0.15) is 13.2 Å². The summed E-state index contributed by atoms with van der Waals surface area (Å²) >= 11 is 12.2. The third-order valence-corrected chi connectivity index (χ3v) is 6.03. The van der Waals surface area contributed by atoms with Gasteiger partial charge in [0.25, 0.3) is 5.60 Å². The molecule has 4 nitrogen and oxygen atoms in total. The van der Waals surface area contributed by atoms with Crippen molar-refractivity contribution >= 4 is 40.4 Å². The molecule has 1 saturated carbocycles. The first kappa shape index (κ1) is 22.0. The highest BCUT2D eigenvalue weighted by Crippen LogP contribution is 2.49. The van der Waals surface area contributed by atoms with Crippen LogP contribution in [0.4, 0.5) is 18.9 Å². The fraction of sp³-hybridized carbons (Fsp3) is 0.364. The van der Waals surface area contributed by atoms with Crippen LogP contribution in [0.25, 0.3) is 0 Å². The van der Waals surface area contributed by atoms with E-state index < -0.39 is 18.2 Å². The number of nitrogens with one attached hydrogen (secondary N) is 1. The normalized spacial score (nSPS) is 20.9. The van der Waals surface area contributed by atoms with Crippen LogP contribution in [0.5, 0.6) is 0 Å². The molecule has 1 unspecified atom stereocenters. The van der Waals surface area contributed by atoms with Gasteiger partial charge in [-0.25, -0.2) is 0 Å². The van der Waals surface area contributed by atoms with Crippen molar-refractivity contribution in [2.24, 2.45) is 11.1 Å². The zero-order valence-electron chi connectivity index (χ0n) is 16.5. The summed E-state index contributed by atoms with van der Waals surface area (Å²) in [4.78, 5) is 17.0. The second-order valence-corrected chi connectivity index (χ2v) is 8.78. The first-order valence-electron chi connectivity index (χ1n) is 9.75. The van der Waals surface area contributed by atoms with Crippen LogP contribution in [0, 0.1) is 12.8 Å². The number of ketones is 1. The molecule has 1 heterocycles. The Morgan fingerprint density at radius 1 is 1.23 bits per heavy atom. The Balaban J connectivity index is 1.61. The minimum Gasteiger partial charge on any atom is -0.377 e. The summed E-state index contributed by atoms with van der Waals surface area (Å²) in [5.74, 6) is 0.186. The van der Waals surface area contributed by atoms with Crippen molar-refractivity contribution in [3.05, 3.63) is 63.1 Å². The van der Waals surface area contributed by atoms with E-state index in [0.717, 1.165) is 12.8 Å². The minimum atomic E-state index is -4.72. The number of rotatable bonds is 6. The number of oxime groups is 1. The van der Waals surface area contributed by atoms with Gasteiger partial charge in [-0.1, -0.05) is 40.5 Å². The van der Waals surface area contributed by atoms with Crippen LogP contribution in [0.3, 0.4) is 0 Å². The number of hydrogen-bond donors (Lipinski definition) is 1. The zero-order valence-corrected chi connectivity index (χ0v) is 18.0. The smallest absolute Gasteiger partial charge is 0.377 e. The zero-order chi connectivity index (χ0) is 22.4. The summed E-state index contributed by atoms with van der Waals surface area (Å²) in [6, 6.07) is 8.94. The first-order chi connectivity index (χ1) is 14.6. The van der Waals surface area contributed by atoms with Gasteiger partial charge in [-0.3, -0.25) is 4.79 Å². The molecule has 0 radical (unpaired) electrons. The molecule has 1 fully saturated rings. The van der Waals surface area contributed by atoms with E-state index in [1.165, 1.54) is 12.1 Å². The molecule has 1 aliphatic heterocycles. The van der Waals surface area contributed by atoms with Crippen molar-refractivity contribution in [2.45, 2.75) is 38.0 Å². The van der Waals surface area contributed by atoms with Gasteiger partial charge in [0.05, 0.1) is 23.0 Å². The number of carbonyl (C=O) groups excluding carboxylic acids is 1. The Kier molecular flexibility index (Phi) is 5.68. The Hall–Kier alpha value is -2.25. The minimum absolute atomic E-state index is 0.0930. The van der Waals surface area contributed by atoms with Crippen molar-refractivity contribution in [3.8, 4) is 0 Å². The maximum absolute atomic E-state index is 14.2. The van der Waals surface area contributed by atoms with E-state index in [9.17, 15) is 18.0 Å². The van der Waals surface area contributed by atoms with E-state index in [1.807, 2.05) is 0 Å². The highest BCUT2D eigenvalue weighted by atomic mass is 35.5. The van der Waals surface area contributed by atoms with Crippen molar-refractivity contribution < 1.29 is 22.8 Å². The van der Waals surface area contributed by atoms with Gasteiger partial charge < -0.3 is 10.2 Å². The number of halogens is 5. The number of Topliss-reactive ketones (excluding diaryl/α,β-unsaturated/α-hetero) is 1. The van der Waals surface area contributed by atoms with E-state index in [4.69, 9.17) is 28.0 Å². The molecule has 2 aliphatic rings. The maximum atomic E-state index is 14.2. The summed E-state index contributed by atoms with van der Waals surface area (Å²) in [5, 5.41) is 7.31. The molecule has 2 aromatic carbocycles. The Labute approximate surface area is 187 Å².